The molecule has 0 saturated heterocycles. The number of benzene rings is 2. The standard InChI is InChI=1S/C23H27F2NO5S2/c1-3-4-8-15-13-26(16-9-6-5-7-10-16)18-11-20(32-2)19(31-14-17(24)23(27)28)12-21(18)33(29,30)22(15)25/h5-7,9-12,14-15,22,29-30H,3-4,8,13H2,1-2H3,(H,27,28)/b17-14-/t15-,22-/m1/s1. The normalized spacial score (nSPS) is 21.2. The van der Waals surface area contributed by atoms with Gasteiger partial charge in [-0.3, -0.25) is 9.11 Å². The average molecular weight is 500 g/mol. The van der Waals surface area contributed by atoms with Crippen LogP contribution in [-0.4, -0.2) is 38.5 Å². The zero-order valence-corrected chi connectivity index (χ0v) is 19.9. The predicted octanol–water partition coefficient (Wildman–Crippen LogP) is 7.05. The molecule has 0 unspecified atom stereocenters. The smallest absolute Gasteiger partial charge is 0.368 e. The van der Waals surface area contributed by atoms with Gasteiger partial charge in [0.15, 0.2) is 5.50 Å². The summed E-state index contributed by atoms with van der Waals surface area (Å²) in [5, 5.41) is 8.73. The van der Waals surface area contributed by atoms with Gasteiger partial charge in [-0.2, -0.15) is 4.39 Å². The Bertz CT molecular complexity index is 1020. The first-order chi connectivity index (χ1) is 15.7. The number of anilines is 2. The molecule has 2 aromatic rings. The van der Waals surface area contributed by atoms with Gasteiger partial charge in [0.2, 0.25) is 5.83 Å². The molecule has 0 spiro atoms. The first kappa shape index (κ1) is 25.4. The summed E-state index contributed by atoms with van der Waals surface area (Å²) in [5.74, 6) is -3.94. The molecule has 0 saturated carbocycles. The van der Waals surface area contributed by atoms with Gasteiger partial charge in [-0.25, -0.2) is 9.18 Å². The number of ether oxygens (including phenoxy) is 1. The van der Waals surface area contributed by atoms with Crippen LogP contribution in [0.15, 0.2) is 64.3 Å². The third-order valence-corrected chi connectivity index (χ3v) is 8.20. The number of para-hydroxylation sites is 1. The lowest BCUT2D eigenvalue weighted by molar-refractivity contribution is -0.134. The van der Waals surface area contributed by atoms with E-state index in [-0.39, 0.29) is 17.2 Å². The number of rotatable bonds is 8. The van der Waals surface area contributed by atoms with Crippen LogP contribution < -0.4 is 9.64 Å². The molecule has 0 radical (unpaired) electrons. The van der Waals surface area contributed by atoms with E-state index in [1.807, 2.05) is 42.2 Å². The van der Waals surface area contributed by atoms with Gasteiger partial charge >= 0.3 is 5.97 Å². The Hall–Kier alpha value is -2.27. The molecule has 6 nitrogen and oxygen atoms in total. The Morgan fingerprint density at radius 2 is 2.00 bits per heavy atom. The molecule has 0 fully saturated rings. The van der Waals surface area contributed by atoms with E-state index in [2.05, 4.69) is 0 Å². The van der Waals surface area contributed by atoms with Crippen LogP contribution in [0.2, 0.25) is 0 Å². The molecule has 33 heavy (non-hydrogen) atoms. The number of nitrogens with zero attached hydrogens (tertiary/aromatic N) is 1. The van der Waals surface area contributed by atoms with Gasteiger partial charge in [0.1, 0.15) is 12.0 Å². The van der Waals surface area contributed by atoms with Crippen molar-refractivity contribution in [1.82, 2.24) is 0 Å². The third kappa shape index (κ3) is 5.46. The van der Waals surface area contributed by atoms with Crippen LogP contribution in [0.5, 0.6) is 5.75 Å². The van der Waals surface area contributed by atoms with Gasteiger partial charge < -0.3 is 14.7 Å². The zero-order chi connectivity index (χ0) is 24.2. The maximum absolute atomic E-state index is 15.6. The van der Waals surface area contributed by atoms with Crippen molar-refractivity contribution in [2.45, 2.75) is 41.5 Å². The Morgan fingerprint density at radius 3 is 2.61 bits per heavy atom. The molecule has 10 heteroatoms. The fraction of sp³-hybridized carbons (Fsp3) is 0.348. The number of halogens is 2. The van der Waals surface area contributed by atoms with Crippen LogP contribution in [0.25, 0.3) is 0 Å². The van der Waals surface area contributed by atoms with Crippen LogP contribution in [0.3, 0.4) is 0 Å². The summed E-state index contributed by atoms with van der Waals surface area (Å²) < 4.78 is 56.5. The van der Waals surface area contributed by atoms with Gasteiger partial charge in [-0.1, -0.05) is 38.0 Å². The molecule has 0 amide bonds. The van der Waals surface area contributed by atoms with Gasteiger partial charge in [0, 0.05) is 24.2 Å². The molecule has 0 bridgehead atoms. The van der Waals surface area contributed by atoms with Gasteiger partial charge in [0.25, 0.3) is 0 Å². The molecule has 2 atom stereocenters. The first-order valence-electron chi connectivity index (χ1n) is 10.4. The fourth-order valence-corrected chi connectivity index (χ4v) is 6.04. The lowest BCUT2D eigenvalue weighted by Crippen LogP contribution is -2.30. The molecule has 0 aliphatic carbocycles. The van der Waals surface area contributed by atoms with Crippen LogP contribution in [0.4, 0.5) is 20.2 Å². The van der Waals surface area contributed by atoms with Crippen LogP contribution in [0.1, 0.15) is 26.2 Å². The molecule has 1 heterocycles. The summed E-state index contributed by atoms with van der Waals surface area (Å²) in [6.45, 7) is 2.24. The number of carboxylic acid groups (broad SMARTS) is 1. The number of carboxylic acids is 1. The molecule has 180 valence electrons. The number of unbranched alkanes of at least 4 members (excludes halogenated alkanes) is 1. The minimum Gasteiger partial charge on any atom is -0.476 e. The summed E-state index contributed by atoms with van der Waals surface area (Å²) >= 11 is 1.25. The van der Waals surface area contributed by atoms with Crippen molar-refractivity contribution < 1.29 is 32.5 Å². The van der Waals surface area contributed by atoms with Crippen molar-refractivity contribution in [2.24, 2.45) is 5.92 Å². The minimum atomic E-state index is -3.91. The lowest BCUT2D eigenvalue weighted by atomic mass is 10.0. The van der Waals surface area contributed by atoms with Crippen molar-refractivity contribution in [3.8, 4) is 5.75 Å². The zero-order valence-electron chi connectivity index (χ0n) is 18.3. The highest BCUT2D eigenvalue weighted by Gasteiger charge is 2.42. The largest absolute Gasteiger partial charge is 0.476 e. The highest BCUT2D eigenvalue weighted by atomic mass is 32.3. The number of thioether (sulfide) groups is 1. The van der Waals surface area contributed by atoms with E-state index >= 15 is 4.39 Å². The Labute approximate surface area is 197 Å². The van der Waals surface area contributed by atoms with Crippen LogP contribution in [-0.2, 0) is 4.79 Å². The molecule has 3 N–H and O–H groups in total. The average Bonchev–Trinajstić information content (AvgIpc) is 2.89. The second kappa shape index (κ2) is 10.8. The molecule has 1 aliphatic rings. The predicted molar refractivity (Wildman–Crippen MR) is 128 cm³/mol. The second-order valence-corrected chi connectivity index (χ2v) is 10.6. The minimum absolute atomic E-state index is 0.00449. The highest BCUT2D eigenvalue weighted by Crippen LogP contribution is 2.63. The maximum atomic E-state index is 15.6. The monoisotopic (exact) mass is 499 g/mol. The quantitative estimate of drug-likeness (QED) is 0.204. The molecular formula is C23H27F2NO5S2. The van der Waals surface area contributed by atoms with E-state index in [4.69, 9.17) is 9.84 Å². The summed E-state index contributed by atoms with van der Waals surface area (Å²) in [4.78, 5) is 13.1. The van der Waals surface area contributed by atoms with E-state index in [0.717, 1.165) is 18.5 Å². The summed E-state index contributed by atoms with van der Waals surface area (Å²) in [7, 11) is -3.91. The summed E-state index contributed by atoms with van der Waals surface area (Å²) in [6.07, 6.45) is 4.24. The van der Waals surface area contributed by atoms with Crippen molar-refractivity contribution >= 4 is 39.7 Å². The van der Waals surface area contributed by atoms with E-state index < -0.39 is 33.8 Å². The van der Waals surface area contributed by atoms with Gasteiger partial charge in [-0.15, -0.1) is 22.4 Å². The molecule has 3 rings (SSSR count). The molecule has 1 aliphatic heterocycles. The lowest BCUT2D eigenvalue weighted by Gasteiger charge is -2.37. The SMILES string of the molecule is CCCC[C@@H]1CN(c2ccccc2)c2cc(SC)c(O/C=C(\F)C(=O)O)cc2S(O)(O)[C@H]1F. The number of fused-ring (bicyclic) bond motifs is 1. The fourth-order valence-electron chi connectivity index (χ4n) is 3.75. The number of aliphatic carboxylic acids is 1. The van der Waals surface area contributed by atoms with E-state index in [1.54, 1.807) is 12.3 Å². The number of alkyl halides is 1. The van der Waals surface area contributed by atoms with Crippen LogP contribution >= 0.6 is 22.4 Å². The Kier molecular flexibility index (Phi) is 8.28. The van der Waals surface area contributed by atoms with Crippen molar-refractivity contribution in [3.63, 3.8) is 0 Å². The van der Waals surface area contributed by atoms with E-state index in [0.29, 0.717) is 23.3 Å². The first-order valence-corrected chi connectivity index (χ1v) is 13.3. The number of hydrogen-bond acceptors (Lipinski definition) is 6. The van der Waals surface area contributed by atoms with Gasteiger partial charge in [-0.05, 0) is 30.9 Å². The number of carbonyl (C=O) groups is 1. The summed E-state index contributed by atoms with van der Waals surface area (Å²) in [6, 6.07) is 12.2. The van der Waals surface area contributed by atoms with Crippen molar-refractivity contribution in [1.29, 1.82) is 0 Å². The van der Waals surface area contributed by atoms with Crippen molar-refractivity contribution in [3.05, 3.63) is 54.6 Å². The maximum Gasteiger partial charge on any atom is 0.368 e. The Morgan fingerprint density at radius 1 is 1.30 bits per heavy atom. The topological polar surface area (TPSA) is 90.2 Å². The van der Waals surface area contributed by atoms with Crippen molar-refractivity contribution in [2.75, 3.05) is 17.7 Å². The molecule has 0 aromatic heterocycles. The van der Waals surface area contributed by atoms with E-state index in [9.17, 15) is 18.3 Å². The van der Waals surface area contributed by atoms with Gasteiger partial charge in [0.05, 0.1) is 15.5 Å². The van der Waals surface area contributed by atoms with E-state index in [1.165, 1.54) is 17.8 Å². The second-order valence-electron chi connectivity index (χ2n) is 7.65. The molecular weight excluding hydrogens is 472 g/mol. The summed E-state index contributed by atoms with van der Waals surface area (Å²) in [5.41, 5.74) is -0.722. The Balaban J connectivity index is 2.19. The molecule has 2 aromatic carbocycles. The number of hydrogen-bond donors (Lipinski definition) is 3. The highest BCUT2D eigenvalue weighted by molar-refractivity contribution is 8.24. The third-order valence-electron chi connectivity index (χ3n) is 5.45. The van der Waals surface area contributed by atoms with Crippen LogP contribution in [0, 0.1) is 5.92 Å².